The highest BCUT2D eigenvalue weighted by atomic mass is 35.5. The highest BCUT2D eigenvalue weighted by molar-refractivity contribution is 6.35. The summed E-state index contributed by atoms with van der Waals surface area (Å²) in [6.45, 7) is 8.38. The summed E-state index contributed by atoms with van der Waals surface area (Å²) in [5.41, 5.74) is 1.65. The van der Waals surface area contributed by atoms with Crippen LogP contribution in [0.1, 0.15) is 38.3 Å². The smallest absolute Gasteiger partial charge is 0.261 e. The fraction of sp³-hybridized carbons (Fsp3) is 0.417. The van der Waals surface area contributed by atoms with Gasteiger partial charge in [-0.05, 0) is 48.6 Å². The zero-order valence-electron chi connectivity index (χ0n) is 18.5. The molecule has 0 heterocycles. The SMILES string of the molecule is CCC(C(=O)NCC(C)C)N(Cc1ccc(Cl)cc1Cl)C(=O)COc1ccccc1C. The lowest BCUT2D eigenvalue weighted by molar-refractivity contribution is -0.143. The third-order valence-corrected chi connectivity index (χ3v) is 5.46. The average molecular weight is 465 g/mol. The summed E-state index contributed by atoms with van der Waals surface area (Å²) in [4.78, 5) is 27.6. The summed E-state index contributed by atoms with van der Waals surface area (Å²) < 4.78 is 5.76. The van der Waals surface area contributed by atoms with Gasteiger partial charge < -0.3 is 15.0 Å². The van der Waals surface area contributed by atoms with E-state index in [9.17, 15) is 9.59 Å². The quantitative estimate of drug-likeness (QED) is 0.521. The van der Waals surface area contributed by atoms with Crippen molar-refractivity contribution >= 4 is 35.0 Å². The number of carbonyl (C=O) groups is 2. The second-order valence-electron chi connectivity index (χ2n) is 7.87. The van der Waals surface area contributed by atoms with Gasteiger partial charge in [0.15, 0.2) is 6.61 Å². The standard InChI is InChI=1S/C24H30Cl2N2O3/c1-5-21(24(30)27-13-16(2)3)28(14-18-10-11-19(25)12-20(18)26)23(29)15-31-22-9-7-6-8-17(22)4/h6-12,16,21H,5,13-15H2,1-4H3,(H,27,30). The second-order valence-corrected chi connectivity index (χ2v) is 8.72. The molecule has 0 saturated carbocycles. The highest BCUT2D eigenvalue weighted by Crippen LogP contribution is 2.24. The van der Waals surface area contributed by atoms with Gasteiger partial charge in [0.05, 0.1) is 0 Å². The van der Waals surface area contributed by atoms with Gasteiger partial charge in [-0.25, -0.2) is 0 Å². The van der Waals surface area contributed by atoms with Gasteiger partial charge in [0, 0.05) is 23.1 Å². The minimum Gasteiger partial charge on any atom is -0.484 e. The molecule has 2 amide bonds. The van der Waals surface area contributed by atoms with Crippen molar-refractivity contribution in [3.63, 3.8) is 0 Å². The van der Waals surface area contributed by atoms with Gasteiger partial charge in [-0.15, -0.1) is 0 Å². The molecule has 2 aromatic rings. The molecule has 2 aromatic carbocycles. The van der Waals surface area contributed by atoms with Crippen LogP contribution < -0.4 is 10.1 Å². The molecule has 168 valence electrons. The molecule has 0 radical (unpaired) electrons. The van der Waals surface area contributed by atoms with Crippen LogP contribution in [0.2, 0.25) is 10.0 Å². The zero-order valence-corrected chi connectivity index (χ0v) is 20.0. The van der Waals surface area contributed by atoms with Crippen LogP contribution in [-0.2, 0) is 16.1 Å². The van der Waals surface area contributed by atoms with Crippen molar-refractivity contribution in [1.82, 2.24) is 10.2 Å². The maximum Gasteiger partial charge on any atom is 0.261 e. The van der Waals surface area contributed by atoms with Crippen LogP contribution in [-0.4, -0.2) is 35.9 Å². The van der Waals surface area contributed by atoms with Gasteiger partial charge in [-0.2, -0.15) is 0 Å². The first-order valence-electron chi connectivity index (χ1n) is 10.4. The summed E-state index contributed by atoms with van der Waals surface area (Å²) in [5, 5.41) is 3.89. The van der Waals surface area contributed by atoms with Crippen molar-refractivity contribution in [2.45, 2.75) is 46.7 Å². The van der Waals surface area contributed by atoms with Crippen LogP contribution >= 0.6 is 23.2 Å². The Labute approximate surface area is 194 Å². The molecule has 31 heavy (non-hydrogen) atoms. The van der Waals surface area contributed by atoms with Crippen LogP contribution in [0.4, 0.5) is 0 Å². The normalized spacial score (nSPS) is 11.8. The molecule has 0 spiro atoms. The Morgan fingerprint density at radius 1 is 1.13 bits per heavy atom. The molecule has 0 aliphatic rings. The summed E-state index contributed by atoms with van der Waals surface area (Å²) in [5.74, 6) is 0.463. The van der Waals surface area contributed by atoms with Gasteiger partial charge in [0.2, 0.25) is 5.91 Å². The second kappa shape index (κ2) is 12.0. The Morgan fingerprint density at radius 2 is 1.84 bits per heavy atom. The molecule has 1 atom stereocenters. The van der Waals surface area contributed by atoms with Gasteiger partial charge >= 0.3 is 0 Å². The Hall–Kier alpha value is -2.24. The minimum atomic E-state index is -0.640. The van der Waals surface area contributed by atoms with E-state index < -0.39 is 6.04 Å². The van der Waals surface area contributed by atoms with E-state index in [1.807, 2.05) is 52.0 Å². The Bertz CT molecular complexity index is 902. The molecule has 0 bridgehead atoms. The number of rotatable bonds is 10. The van der Waals surface area contributed by atoms with Crippen molar-refractivity contribution in [1.29, 1.82) is 0 Å². The number of nitrogens with zero attached hydrogens (tertiary/aromatic N) is 1. The third kappa shape index (κ3) is 7.44. The van der Waals surface area contributed by atoms with Crippen LogP contribution in [0.25, 0.3) is 0 Å². The number of halogens is 2. The van der Waals surface area contributed by atoms with E-state index in [0.29, 0.717) is 40.2 Å². The first kappa shape index (κ1) is 25.0. The van der Waals surface area contributed by atoms with E-state index >= 15 is 0 Å². The molecule has 1 N–H and O–H groups in total. The fourth-order valence-corrected chi connectivity index (χ4v) is 3.58. The molecule has 0 fully saturated rings. The Morgan fingerprint density at radius 3 is 2.45 bits per heavy atom. The number of aryl methyl sites for hydroxylation is 1. The molecule has 0 aromatic heterocycles. The number of para-hydroxylation sites is 1. The molecule has 0 saturated heterocycles. The first-order chi connectivity index (χ1) is 14.7. The lowest BCUT2D eigenvalue weighted by Crippen LogP contribution is -2.50. The van der Waals surface area contributed by atoms with Crippen molar-refractivity contribution in [2.75, 3.05) is 13.2 Å². The minimum absolute atomic E-state index is 0.177. The molecule has 1 unspecified atom stereocenters. The molecule has 5 nitrogen and oxygen atoms in total. The third-order valence-electron chi connectivity index (χ3n) is 4.87. The van der Waals surface area contributed by atoms with Crippen LogP contribution in [0.15, 0.2) is 42.5 Å². The Kier molecular flexibility index (Phi) is 9.66. The van der Waals surface area contributed by atoms with Crippen molar-refractivity contribution < 1.29 is 14.3 Å². The van der Waals surface area contributed by atoms with E-state index in [1.165, 1.54) is 4.90 Å². The zero-order chi connectivity index (χ0) is 23.0. The van der Waals surface area contributed by atoms with Gasteiger partial charge in [0.1, 0.15) is 11.8 Å². The predicted molar refractivity (Wildman–Crippen MR) is 126 cm³/mol. The van der Waals surface area contributed by atoms with E-state index in [-0.39, 0.29) is 25.0 Å². The summed E-state index contributed by atoms with van der Waals surface area (Å²) in [7, 11) is 0. The predicted octanol–water partition coefficient (Wildman–Crippen LogP) is 5.26. The highest BCUT2D eigenvalue weighted by Gasteiger charge is 2.29. The topological polar surface area (TPSA) is 58.6 Å². The van der Waals surface area contributed by atoms with Crippen molar-refractivity contribution in [2.24, 2.45) is 5.92 Å². The number of benzene rings is 2. The van der Waals surface area contributed by atoms with Gasteiger partial charge in [-0.1, -0.05) is 68.2 Å². The summed E-state index contributed by atoms with van der Waals surface area (Å²) in [6, 6.07) is 12.0. The number of nitrogens with one attached hydrogen (secondary N) is 1. The monoisotopic (exact) mass is 464 g/mol. The molecular formula is C24H30Cl2N2O3. The molecule has 0 aliphatic heterocycles. The molecular weight excluding hydrogens is 435 g/mol. The van der Waals surface area contributed by atoms with Crippen molar-refractivity contribution in [3.8, 4) is 5.75 Å². The number of amides is 2. The van der Waals surface area contributed by atoms with E-state index in [1.54, 1.807) is 18.2 Å². The maximum absolute atomic E-state index is 13.2. The van der Waals surface area contributed by atoms with Gasteiger partial charge in [0.25, 0.3) is 5.91 Å². The van der Waals surface area contributed by atoms with E-state index in [4.69, 9.17) is 27.9 Å². The number of hydrogen-bond acceptors (Lipinski definition) is 3. The summed E-state index contributed by atoms with van der Waals surface area (Å²) >= 11 is 12.4. The Balaban J connectivity index is 2.25. The molecule has 0 aliphatic carbocycles. The number of carbonyl (C=O) groups excluding carboxylic acids is 2. The number of ether oxygens (including phenoxy) is 1. The van der Waals surface area contributed by atoms with E-state index in [0.717, 1.165) is 5.56 Å². The lowest BCUT2D eigenvalue weighted by Gasteiger charge is -2.31. The fourth-order valence-electron chi connectivity index (χ4n) is 3.12. The number of hydrogen-bond donors (Lipinski definition) is 1. The molecule has 2 rings (SSSR count). The lowest BCUT2D eigenvalue weighted by atomic mass is 10.1. The first-order valence-corrected chi connectivity index (χ1v) is 11.2. The van der Waals surface area contributed by atoms with Crippen LogP contribution in [0.3, 0.4) is 0 Å². The molecule has 7 heteroatoms. The van der Waals surface area contributed by atoms with E-state index in [2.05, 4.69) is 5.32 Å². The van der Waals surface area contributed by atoms with Crippen LogP contribution in [0, 0.1) is 12.8 Å². The summed E-state index contributed by atoms with van der Waals surface area (Å²) in [6.07, 6.45) is 0.464. The van der Waals surface area contributed by atoms with Crippen LogP contribution in [0.5, 0.6) is 5.75 Å². The van der Waals surface area contributed by atoms with Gasteiger partial charge in [-0.3, -0.25) is 9.59 Å². The largest absolute Gasteiger partial charge is 0.484 e. The maximum atomic E-state index is 13.2. The van der Waals surface area contributed by atoms with Crippen molar-refractivity contribution in [3.05, 3.63) is 63.6 Å². The average Bonchev–Trinajstić information content (AvgIpc) is 2.72.